The van der Waals surface area contributed by atoms with Crippen molar-refractivity contribution in [2.45, 2.75) is 102 Å². The number of imide groups is 1. The second-order valence-electron chi connectivity index (χ2n) is 8.37. The van der Waals surface area contributed by atoms with Crippen molar-refractivity contribution in [3.63, 3.8) is 0 Å². The van der Waals surface area contributed by atoms with Gasteiger partial charge in [-0.1, -0.05) is 45.4 Å². The van der Waals surface area contributed by atoms with Gasteiger partial charge in [-0.05, 0) is 44.9 Å². The summed E-state index contributed by atoms with van der Waals surface area (Å²) in [5.41, 5.74) is -0.752. The summed E-state index contributed by atoms with van der Waals surface area (Å²) in [6.07, 6.45) is 11.3. The van der Waals surface area contributed by atoms with Crippen LogP contribution in [0.4, 0.5) is 4.79 Å². The lowest BCUT2D eigenvalue weighted by atomic mass is 9.82. The van der Waals surface area contributed by atoms with Crippen LogP contribution in [0.5, 0.6) is 0 Å². The predicted molar refractivity (Wildman–Crippen MR) is 99.5 cm³/mol. The minimum atomic E-state index is -0.759. The molecule has 1 saturated heterocycles. The van der Waals surface area contributed by atoms with Crippen LogP contribution in [0, 0.1) is 5.92 Å². The Bertz CT molecular complexity index is 551. The van der Waals surface area contributed by atoms with E-state index in [9.17, 15) is 14.4 Å². The van der Waals surface area contributed by atoms with Crippen LogP contribution in [0.3, 0.4) is 0 Å². The van der Waals surface area contributed by atoms with Gasteiger partial charge < -0.3 is 10.6 Å². The Morgan fingerprint density at radius 3 is 2.46 bits per heavy atom. The molecule has 2 unspecified atom stereocenters. The van der Waals surface area contributed by atoms with E-state index in [-0.39, 0.29) is 17.9 Å². The third-order valence-electron chi connectivity index (χ3n) is 6.56. The molecular formula is C20H33N3O3. The molecule has 2 N–H and O–H groups in total. The van der Waals surface area contributed by atoms with Gasteiger partial charge in [0.25, 0.3) is 5.91 Å². The van der Waals surface area contributed by atoms with Crippen molar-refractivity contribution in [3.8, 4) is 0 Å². The second kappa shape index (κ2) is 7.97. The fraction of sp³-hybridized carbons (Fsp3) is 0.850. The lowest BCUT2D eigenvalue weighted by Crippen LogP contribution is -2.53. The van der Waals surface area contributed by atoms with E-state index in [0.717, 1.165) is 43.4 Å². The van der Waals surface area contributed by atoms with Gasteiger partial charge in [-0.3, -0.25) is 9.59 Å². The van der Waals surface area contributed by atoms with E-state index in [1.54, 1.807) is 6.92 Å². The molecule has 0 aromatic carbocycles. The largest absolute Gasteiger partial charge is 0.351 e. The van der Waals surface area contributed by atoms with Crippen molar-refractivity contribution in [2.75, 3.05) is 0 Å². The summed E-state index contributed by atoms with van der Waals surface area (Å²) in [5, 5.41) is 6.04. The van der Waals surface area contributed by atoms with Gasteiger partial charge in [-0.25, -0.2) is 9.69 Å². The molecular weight excluding hydrogens is 330 g/mol. The smallest absolute Gasteiger partial charge is 0.325 e. The molecule has 3 fully saturated rings. The van der Waals surface area contributed by atoms with Crippen molar-refractivity contribution in [1.82, 2.24) is 15.5 Å². The van der Waals surface area contributed by atoms with Gasteiger partial charge in [0, 0.05) is 6.04 Å². The molecule has 6 nitrogen and oxygen atoms in total. The Hall–Kier alpha value is -1.59. The van der Waals surface area contributed by atoms with Gasteiger partial charge >= 0.3 is 6.03 Å². The maximum absolute atomic E-state index is 12.9. The topological polar surface area (TPSA) is 78.5 Å². The Labute approximate surface area is 156 Å². The van der Waals surface area contributed by atoms with Crippen molar-refractivity contribution >= 4 is 17.8 Å². The minimum absolute atomic E-state index is 0.149. The number of urea groups is 1. The van der Waals surface area contributed by atoms with Crippen molar-refractivity contribution in [3.05, 3.63) is 0 Å². The molecule has 1 spiro atoms. The molecule has 2 saturated carbocycles. The zero-order valence-corrected chi connectivity index (χ0v) is 16.2. The van der Waals surface area contributed by atoms with Crippen molar-refractivity contribution in [1.29, 1.82) is 0 Å². The highest BCUT2D eigenvalue weighted by Crippen LogP contribution is 2.36. The maximum Gasteiger partial charge on any atom is 0.325 e. The van der Waals surface area contributed by atoms with Crippen LogP contribution >= 0.6 is 0 Å². The Morgan fingerprint density at radius 2 is 1.85 bits per heavy atom. The van der Waals surface area contributed by atoms with Crippen molar-refractivity contribution < 1.29 is 14.4 Å². The molecule has 2 atom stereocenters. The normalized spacial score (nSPS) is 25.4. The van der Waals surface area contributed by atoms with Crippen LogP contribution < -0.4 is 10.6 Å². The first-order valence-electron chi connectivity index (χ1n) is 10.4. The van der Waals surface area contributed by atoms with Crippen LogP contribution in [0.2, 0.25) is 0 Å². The molecule has 0 bridgehead atoms. The number of carbonyl (C=O) groups is 3. The SMILES string of the molecule is CCCC(NC(=O)C(C)N1C(=O)NC2(CCCC2)C1=O)C1CCCCC1. The zero-order valence-electron chi connectivity index (χ0n) is 16.2. The maximum atomic E-state index is 12.9. The minimum Gasteiger partial charge on any atom is -0.351 e. The molecule has 146 valence electrons. The summed E-state index contributed by atoms with van der Waals surface area (Å²) >= 11 is 0. The van der Waals surface area contributed by atoms with Gasteiger partial charge in [0.1, 0.15) is 11.6 Å². The number of carbonyl (C=O) groups excluding carboxylic acids is 3. The number of amides is 4. The number of nitrogens with one attached hydrogen (secondary N) is 2. The van der Waals surface area contributed by atoms with E-state index in [1.807, 2.05) is 0 Å². The third kappa shape index (κ3) is 3.60. The Morgan fingerprint density at radius 1 is 1.19 bits per heavy atom. The van der Waals surface area contributed by atoms with E-state index in [2.05, 4.69) is 17.6 Å². The molecule has 0 radical (unpaired) electrons. The monoisotopic (exact) mass is 363 g/mol. The van der Waals surface area contributed by atoms with Gasteiger partial charge in [-0.15, -0.1) is 0 Å². The van der Waals surface area contributed by atoms with Crippen LogP contribution in [-0.2, 0) is 9.59 Å². The molecule has 0 aromatic rings. The number of hydrogen-bond acceptors (Lipinski definition) is 3. The van der Waals surface area contributed by atoms with Gasteiger partial charge in [0.15, 0.2) is 0 Å². The van der Waals surface area contributed by atoms with E-state index in [1.165, 1.54) is 19.3 Å². The molecule has 3 rings (SSSR count). The van der Waals surface area contributed by atoms with Gasteiger partial charge in [-0.2, -0.15) is 0 Å². The molecule has 2 aliphatic carbocycles. The summed E-state index contributed by atoms with van der Waals surface area (Å²) in [4.78, 5) is 39.3. The average molecular weight is 364 g/mol. The van der Waals surface area contributed by atoms with E-state index in [0.29, 0.717) is 18.8 Å². The number of rotatable bonds is 6. The highest BCUT2D eigenvalue weighted by molar-refractivity contribution is 6.09. The Kier molecular flexibility index (Phi) is 5.88. The van der Waals surface area contributed by atoms with Gasteiger partial charge in [0.2, 0.25) is 5.91 Å². The van der Waals surface area contributed by atoms with E-state index in [4.69, 9.17) is 0 Å². The summed E-state index contributed by atoms with van der Waals surface area (Å²) in [6, 6.07) is -1.02. The molecule has 4 amide bonds. The number of nitrogens with zero attached hydrogens (tertiary/aromatic N) is 1. The predicted octanol–water partition coefficient (Wildman–Crippen LogP) is 3.10. The number of hydrogen-bond donors (Lipinski definition) is 2. The summed E-state index contributed by atoms with van der Waals surface area (Å²) < 4.78 is 0. The molecule has 3 aliphatic rings. The summed E-state index contributed by atoms with van der Waals surface area (Å²) in [7, 11) is 0. The van der Waals surface area contributed by atoms with Crippen molar-refractivity contribution in [2.24, 2.45) is 5.92 Å². The summed E-state index contributed by atoms with van der Waals surface area (Å²) in [6.45, 7) is 3.80. The molecule has 0 aromatic heterocycles. The fourth-order valence-electron chi connectivity index (χ4n) is 5.00. The zero-order chi connectivity index (χ0) is 18.7. The average Bonchev–Trinajstić information content (AvgIpc) is 3.20. The van der Waals surface area contributed by atoms with Crippen LogP contribution in [-0.4, -0.2) is 40.4 Å². The van der Waals surface area contributed by atoms with Crippen LogP contribution in [0.15, 0.2) is 0 Å². The highest BCUT2D eigenvalue weighted by Gasteiger charge is 2.54. The standard InChI is InChI=1S/C20H33N3O3/c1-3-9-16(15-10-5-4-6-11-15)21-17(24)14(2)23-18(25)20(22-19(23)26)12-7-8-13-20/h14-16H,3-13H2,1-2H3,(H,21,24)(H,22,26). The third-order valence-corrected chi connectivity index (χ3v) is 6.56. The Balaban J connectivity index is 1.66. The quantitative estimate of drug-likeness (QED) is 0.712. The van der Waals surface area contributed by atoms with Crippen LogP contribution in [0.1, 0.15) is 84.5 Å². The second-order valence-corrected chi connectivity index (χ2v) is 8.37. The van der Waals surface area contributed by atoms with E-state index < -0.39 is 17.6 Å². The molecule has 1 aliphatic heterocycles. The fourth-order valence-corrected chi connectivity index (χ4v) is 5.00. The van der Waals surface area contributed by atoms with E-state index >= 15 is 0 Å². The summed E-state index contributed by atoms with van der Waals surface area (Å²) in [5.74, 6) is 0.101. The van der Waals surface area contributed by atoms with Crippen LogP contribution in [0.25, 0.3) is 0 Å². The molecule has 6 heteroatoms. The molecule has 1 heterocycles. The van der Waals surface area contributed by atoms with Gasteiger partial charge in [0.05, 0.1) is 0 Å². The lowest BCUT2D eigenvalue weighted by Gasteiger charge is -2.32. The lowest BCUT2D eigenvalue weighted by molar-refractivity contribution is -0.138. The first kappa shape index (κ1) is 19.2. The first-order chi connectivity index (χ1) is 12.5. The highest BCUT2D eigenvalue weighted by atomic mass is 16.2. The first-order valence-corrected chi connectivity index (χ1v) is 10.4. The molecule has 26 heavy (non-hydrogen) atoms.